The number of allylic oxidation sites excluding steroid dienone is 3. The van der Waals surface area contributed by atoms with Crippen molar-refractivity contribution < 1.29 is 19.4 Å². The van der Waals surface area contributed by atoms with Gasteiger partial charge in [-0.05, 0) is 67.0 Å². The Morgan fingerprint density at radius 1 is 1.37 bits per heavy atom. The number of hydrogen-bond acceptors (Lipinski definition) is 5. The Kier molecular flexibility index (Phi) is 5.93. The minimum Gasteiger partial charge on any atom is -0.494 e. The summed E-state index contributed by atoms with van der Waals surface area (Å²) in [6.07, 6.45) is 8.52. The highest BCUT2D eigenvalue weighted by atomic mass is 16.5. The highest BCUT2D eigenvalue weighted by molar-refractivity contribution is 5.96. The molecule has 0 bridgehead atoms. The van der Waals surface area contributed by atoms with Crippen LogP contribution < -0.4 is 5.32 Å². The van der Waals surface area contributed by atoms with Gasteiger partial charge in [0.05, 0.1) is 18.2 Å². The number of carbonyl (C=O) groups is 2. The molecule has 180 valence electrons. The molecule has 5 rings (SSSR count). The molecule has 1 aliphatic heterocycles. The third-order valence-electron chi connectivity index (χ3n) is 7.66. The summed E-state index contributed by atoms with van der Waals surface area (Å²) in [7, 11) is 0. The van der Waals surface area contributed by atoms with Gasteiger partial charge in [0, 0.05) is 41.2 Å². The molecule has 3 N–H and O–H groups in total. The van der Waals surface area contributed by atoms with Crippen LogP contribution in [0, 0.1) is 28.6 Å². The fourth-order valence-corrected chi connectivity index (χ4v) is 5.83. The highest BCUT2D eigenvalue weighted by Crippen LogP contribution is 2.66. The number of nitriles is 1. The zero-order valence-electron chi connectivity index (χ0n) is 19.6. The molecule has 35 heavy (non-hydrogen) atoms. The van der Waals surface area contributed by atoms with Crippen LogP contribution in [0.3, 0.4) is 0 Å². The van der Waals surface area contributed by atoms with E-state index in [0.29, 0.717) is 30.7 Å². The summed E-state index contributed by atoms with van der Waals surface area (Å²) in [5.41, 5.74) is 3.91. The lowest BCUT2D eigenvalue weighted by molar-refractivity contribution is -0.137. The summed E-state index contributed by atoms with van der Waals surface area (Å²) in [5, 5.41) is 28.6. The minimum absolute atomic E-state index is 0.0545. The number of aromatic amines is 1. The van der Waals surface area contributed by atoms with E-state index in [-0.39, 0.29) is 35.5 Å². The van der Waals surface area contributed by atoms with Gasteiger partial charge in [-0.25, -0.2) is 0 Å². The number of nitrogens with one attached hydrogen (secondary N) is 2. The molecule has 8 heteroatoms. The van der Waals surface area contributed by atoms with Crippen LogP contribution in [0.2, 0.25) is 0 Å². The van der Waals surface area contributed by atoms with Crippen LogP contribution in [-0.2, 0) is 20.7 Å². The van der Waals surface area contributed by atoms with Crippen LogP contribution >= 0.6 is 0 Å². The normalized spacial score (nSPS) is 26.6. The van der Waals surface area contributed by atoms with Crippen LogP contribution in [0.1, 0.15) is 55.3 Å². The quantitative estimate of drug-likeness (QED) is 0.551. The van der Waals surface area contributed by atoms with Gasteiger partial charge >= 0.3 is 5.97 Å². The average Bonchev–Trinajstić information content (AvgIpc) is 3.28. The second kappa shape index (κ2) is 9.06. The number of anilines is 1. The number of H-pyrrole nitrogens is 1. The van der Waals surface area contributed by atoms with Gasteiger partial charge in [0.25, 0.3) is 0 Å². The Hall–Kier alpha value is -3.86. The molecule has 2 unspecified atom stereocenters. The van der Waals surface area contributed by atoms with E-state index >= 15 is 0 Å². The Labute approximate surface area is 203 Å². The summed E-state index contributed by atoms with van der Waals surface area (Å²) in [5.74, 6) is 0.111. The molecule has 4 atom stereocenters. The van der Waals surface area contributed by atoms with Crippen molar-refractivity contribution in [2.75, 3.05) is 11.9 Å². The Bertz CT molecular complexity index is 1260. The van der Waals surface area contributed by atoms with E-state index in [0.717, 1.165) is 29.9 Å². The van der Waals surface area contributed by atoms with E-state index in [1.165, 1.54) is 5.57 Å². The molecule has 1 amide bonds. The lowest BCUT2D eigenvalue weighted by Crippen LogP contribution is -2.31. The molecule has 0 radical (unpaired) electrons. The molecule has 1 aromatic heterocycles. The molecule has 1 saturated carbocycles. The zero-order valence-corrected chi connectivity index (χ0v) is 19.6. The van der Waals surface area contributed by atoms with Crippen molar-refractivity contribution >= 4 is 17.6 Å². The predicted octanol–water partition coefficient (Wildman–Crippen LogP) is 4.30. The number of amides is 1. The summed E-state index contributed by atoms with van der Waals surface area (Å²) in [6.45, 7) is 2.77. The molecule has 2 aromatic rings. The lowest BCUT2D eigenvalue weighted by Gasteiger charge is -2.37. The molecule has 1 spiro atoms. The molecular weight excluding hydrogens is 444 g/mol. The topological polar surface area (TPSA) is 128 Å². The van der Waals surface area contributed by atoms with Crippen LogP contribution in [-0.4, -0.2) is 33.8 Å². The highest BCUT2D eigenvalue weighted by Gasteiger charge is 2.63. The van der Waals surface area contributed by atoms with E-state index in [1.54, 1.807) is 24.4 Å². The number of hydrogen-bond donors (Lipinski definition) is 3. The maximum atomic E-state index is 13.5. The second-order valence-electron chi connectivity index (χ2n) is 9.70. The van der Waals surface area contributed by atoms with E-state index < -0.39 is 5.97 Å². The Morgan fingerprint density at radius 3 is 2.97 bits per heavy atom. The summed E-state index contributed by atoms with van der Waals surface area (Å²) in [6, 6.07) is 9.29. The van der Waals surface area contributed by atoms with Gasteiger partial charge in [-0.2, -0.15) is 10.4 Å². The Morgan fingerprint density at radius 2 is 2.23 bits per heavy atom. The van der Waals surface area contributed by atoms with Crippen molar-refractivity contribution in [1.82, 2.24) is 10.2 Å². The van der Waals surface area contributed by atoms with Gasteiger partial charge in [-0.3, -0.25) is 14.7 Å². The average molecular weight is 473 g/mol. The van der Waals surface area contributed by atoms with Crippen molar-refractivity contribution in [1.29, 1.82) is 5.26 Å². The van der Waals surface area contributed by atoms with Crippen molar-refractivity contribution in [2.24, 2.45) is 17.3 Å². The number of aromatic nitrogens is 2. The van der Waals surface area contributed by atoms with Gasteiger partial charge in [-0.1, -0.05) is 19.1 Å². The maximum Gasteiger partial charge on any atom is 0.303 e. The molecular formula is C27H28N4O4. The maximum absolute atomic E-state index is 13.5. The van der Waals surface area contributed by atoms with Crippen molar-refractivity contribution in [2.45, 2.75) is 44.9 Å². The summed E-state index contributed by atoms with van der Waals surface area (Å²) < 4.78 is 6.00. The zero-order chi connectivity index (χ0) is 24.6. The monoisotopic (exact) mass is 472 g/mol. The number of fused-ring (bicyclic) bond motifs is 1. The fourth-order valence-electron chi connectivity index (χ4n) is 5.83. The number of aliphatic carboxylic acids is 1. The number of benzene rings is 1. The van der Waals surface area contributed by atoms with Gasteiger partial charge in [0.2, 0.25) is 5.91 Å². The molecule has 8 nitrogen and oxygen atoms in total. The van der Waals surface area contributed by atoms with Crippen molar-refractivity contribution in [3.05, 3.63) is 70.8 Å². The first-order chi connectivity index (χ1) is 16.9. The number of carbonyl (C=O) groups excluding carboxylic acids is 1. The first kappa shape index (κ1) is 22.9. The molecule has 0 saturated heterocycles. The van der Waals surface area contributed by atoms with Crippen LogP contribution in [0.25, 0.3) is 0 Å². The van der Waals surface area contributed by atoms with E-state index in [2.05, 4.69) is 34.6 Å². The van der Waals surface area contributed by atoms with Crippen molar-refractivity contribution in [3.8, 4) is 6.07 Å². The third kappa shape index (κ3) is 4.23. The second-order valence-corrected chi connectivity index (χ2v) is 9.70. The van der Waals surface area contributed by atoms with Gasteiger partial charge in [-0.15, -0.1) is 0 Å². The van der Waals surface area contributed by atoms with Gasteiger partial charge in [0.1, 0.15) is 5.76 Å². The molecule has 3 aliphatic rings. The third-order valence-corrected chi connectivity index (χ3v) is 7.66. The number of rotatable bonds is 7. The number of nitrogens with zero attached hydrogens (tertiary/aromatic N) is 2. The Balaban J connectivity index is 1.36. The number of ether oxygens (including phenoxy) is 1. The van der Waals surface area contributed by atoms with E-state index in [4.69, 9.17) is 9.84 Å². The number of carboxylic acid groups (broad SMARTS) is 1. The first-order valence-electron chi connectivity index (χ1n) is 12.0. The van der Waals surface area contributed by atoms with Crippen LogP contribution in [0.4, 0.5) is 5.69 Å². The standard InChI is InChI=1S/C27H28N4O4/c1-16-19(21-9-11-29-31-21)7-8-23-25(16)27(10-12-35-23)14-20(27)26(34)30-22-13-17(15-28)5-6-18(22)3-2-4-24(32)33/h5-9,11,13,16,19-20H,2-4,10,12,14H2,1H3,(H,29,31)(H,30,34)(H,32,33)/t16?,19?,20-,27+/m0/s1. The van der Waals surface area contributed by atoms with Crippen LogP contribution in [0.15, 0.2) is 53.9 Å². The largest absolute Gasteiger partial charge is 0.494 e. The minimum atomic E-state index is -0.850. The summed E-state index contributed by atoms with van der Waals surface area (Å²) in [4.78, 5) is 24.4. The molecule has 1 fully saturated rings. The van der Waals surface area contributed by atoms with E-state index in [9.17, 15) is 14.9 Å². The SMILES string of the molecule is CC1C2=C(C=CC1c1ccn[nH]1)OCC[C@]21C[C@H]1C(=O)Nc1cc(C#N)ccc1CCCC(=O)O. The number of aryl methyl sites for hydroxylation is 1. The first-order valence-corrected chi connectivity index (χ1v) is 12.0. The fraction of sp³-hybridized carbons (Fsp3) is 0.407. The lowest BCUT2D eigenvalue weighted by atomic mass is 9.71. The molecule has 1 aromatic carbocycles. The van der Waals surface area contributed by atoms with Crippen molar-refractivity contribution in [3.63, 3.8) is 0 Å². The summed E-state index contributed by atoms with van der Waals surface area (Å²) >= 11 is 0. The molecule has 2 aliphatic carbocycles. The van der Waals surface area contributed by atoms with Gasteiger partial charge in [0.15, 0.2) is 0 Å². The predicted molar refractivity (Wildman–Crippen MR) is 128 cm³/mol. The van der Waals surface area contributed by atoms with E-state index in [1.807, 2.05) is 12.1 Å². The van der Waals surface area contributed by atoms with Crippen LogP contribution in [0.5, 0.6) is 0 Å². The van der Waals surface area contributed by atoms with Gasteiger partial charge < -0.3 is 15.2 Å². The smallest absolute Gasteiger partial charge is 0.303 e. The molecule has 2 heterocycles. The number of carboxylic acids is 1.